The molecule has 96 valence electrons. The molecule has 0 aliphatic carbocycles. The molecule has 1 rings (SSSR count). The summed E-state index contributed by atoms with van der Waals surface area (Å²) in [7, 11) is 0. The number of carboxylic acids is 1. The van der Waals surface area contributed by atoms with E-state index in [0.29, 0.717) is 18.2 Å². The molecule has 0 aliphatic rings. The van der Waals surface area contributed by atoms with Gasteiger partial charge in [0.2, 0.25) is 5.76 Å². The zero-order chi connectivity index (χ0) is 13.1. The highest BCUT2D eigenvalue weighted by molar-refractivity contribution is 5.84. The van der Waals surface area contributed by atoms with E-state index in [9.17, 15) is 4.79 Å². The second-order valence-electron chi connectivity index (χ2n) is 5.32. The van der Waals surface area contributed by atoms with Gasteiger partial charge in [-0.05, 0) is 23.5 Å². The van der Waals surface area contributed by atoms with Crippen molar-refractivity contribution in [2.75, 3.05) is 6.54 Å². The molecule has 0 bridgehead atoms. The maximum atomic E-state index is 10.6. The Hall–Kier alpha value is -1.29. The van der Waals surface area contributed by atoms with Crippen LogP contribution in [0.1, 0.15) is 44.0 Å². The standard InChI is InChI=1S/C13H21NO3/c1-9(2)13(3,4)8-14-7-10-5-6-11(17-10)12(15)16/h5-6,9,14H,7-8H2,1-4H3,(H,15,16). The first kappa shape index (κ1) is 13.8. The second kappa shape index (κ2) is 5.36. The van der Waals surface area contributed by atoms with Crippen LogP contribution in [-0.2, 0) is 6.54 Å². The lowest BCUT2D eigenvalue weighted by atomic mass is 9.81. The molecule has 0 aliphatic heterocycles. The topological polar surface area (TPSA) is 62.5 Å². The lowest BCUT2D eigenvalue weighted by Gasteiger charge is -2.29. The van der Waals surface area contributed by atoms with Crippen LogP contribution in [0.15, 0.2) is 16.5 Å². The Labute approximate surface area is 102 Å². The van der Waals surface area contributed by atoms with E-state index in [2.05, 4.69) is 33.0 Å². The summed E-state index contributed by atoms with van der Waals surface area (Å²) in [6.07, 6.45) is 0. The lowest BCUT2D eigenvalue weighted by molar-refractivity contribution is 0.0660. The second-order valence-corrected chi connectivity index (χ2v) is 5.32. The van der Waals surface area contributed by atoms with Gasteiger partial charge in [0, 0.05) is 6.54 Å². The van der Waals surface area contributed by atoms with Gasteiger partial charge in [-0.15, -0.1) is 0 Å². The van der Waals surface area contributed by atoms with Crippen LogP contribution in [0.4, 0.5) is 0 Å². The molecule has 1 aromatic rings. The zero-order valence-corrected chi connectivity index (χ0v) is 10.9. The van der Waals surface area contributed by atoms with Crippen LogP contribution in [-0.4, -0.2) is 17.6 Å². The highest BCUT2D eigenvalue weighted by Gasteiger charge is 2.21. The number of hydrogen-bond donors (Lipinski definition) is 2. The summed E-state index contributed by atoms with van der Waals surface area (Å²) in [5, 5.41) is 12.0. The summed E-state index contributed by atoms with van der Waals surface area (Å²) in [6, 6.07) is 3.17. The third-order valence-corrected chi connectivity index (χ3v) is 3.32. The fourth-order valence-electron chi connectivity index (χ4n) is 1.30. The van der Waals surface area contributed by atoms with Gasteiger partial charge in [0.05, 0.1) is 6.54 Å². The molecule has 1 aromatic heterocycles. The van der Waals surface area contributed by atoms with E-state index in [1.165, 1.54) is 6.07 Å². The number of furan rings is 1. The van der Waals surface area contributed by atoms with E-state index in [0.717, 1.165) is 6.54 Å². The molecule has 2 N–H and O–H groups in total. The van der Waals surface area contributed by atoms with Crippen molar-refractivity contribution >= 4 is 5.97 Å². The molecule has 0 saturated heterocycles. The SMILES string of the molecule is CC(C)C(C)(C)CNCc1ccc(C(=O)O)o1. The molecular weight excluding hydrogens is 218 g/mol. The Morgan fingerprint density at radius 2 is 2.12 bits per heavy atom. The highest BCUT2D eigenvalue weighted by atomic mass is 16.4. The van der Waals surface area contributed by atoms with Gasteiger partial charge in [-0.3, -0.25) is 0 Å². The maximum absolute atomic E-state index is 10.6. The van der Waals surface area contributed by atoms with Crippen LogP contribution in [0.25, 0.3) is 0 Å². The fourth-order valence-corrected chi connectivity index (χ4v) is 1.30. The van der Waals surface area contributed by atoms with E-state index in [1.54, 1.807) is 6.07 Å². The van der Waals surface area contributed by atoms with Crippen LogP contribution in [0.3, 0.4) is 0 Å². The van der Waals surface area contributed by atoms with Gasteiger partial charge in [-0.2, -0.15) is 0 Å². The summed E-state index contributed by atoms with van der Waals surface area (Å²) < 4.78 is 5.16. The monoisotopic (exact) mass is 239 g/mol. The Morgan fingerprint density at radius 1 is 1.47 bits per heavy atom. The molecule has 0 aromatic carbocycles. The van der Waals surface area contributed by atoms with E-state index in [-0.39, 0.29) is 11.2 Å². The molecule has 0 amide bonds. The molecule has 4 heteroatoms. The minimum absolute atomic E-state index is 0.00933. The number of rotatable bonds is 6. The van der Waals surface area contributed by atoms with Gasteiger partial charge in [-0.1, -0.05) is 27.7 Å². The predicted molar refractivity (Wildman–Crippen MR) is 66.0 cm³/mol. The van der Waals surface area contributed by atoms with E-state index >= 15 is 0 Å². The van der Waals surface area contributed by atoms with Crippen molar-refractivity contribution in [3.63, 3.8) is 0 Å². The average Bonchev–Trinajstić information content (AvgIpc) is 2.66. The fraction of sp³-hybridized carbons (Fsp3) is 0.615. The van der Waals surface area contributed by atoms with Crippen molar-refractivity contribution in [3.8, 4) is 0 Å². The molecule has 17 heavy (non-hydrogen) atoms. The van der Waals surface area contributed by atoms with Crippen LogP contribution >= 0.6 is 0 Å². The van der Waals surface area contributed by atoms with Crippen LogP contribution in [0.5, 0.6) is 0 Å². The Morgan fingerprint density at radius 3 is 2.59 bits per heavy atom. The highest BCUT2D eigenvalue weighted by Crippen LogP contribution is 2.24. The minimum atomic E-state index is -1.03. The number of aromatic carboxylic acids is 1. The van der Waals surface area contributed by atoms with Crippen LogP contribution < -0.4 is 5.32 Å². The maximum Gasteiger partial charge on any atom is 0.371 e. The van der Waals surface area contributed by atoms with Crippen molar-refractivity contribution in [2.45, 2.75) is 34.2 Å². The first-order chi connectivity index (χ1) is 7.83. The largest absolute Gasteiger partial charge is 0.475 e. The molecule has 0 fully saturated rings. The lowest BCUT2D eigenvalue weighted by Crippen LogP contribution is -2.33. The van der Waals surface area contributed by atoms with Gasteiger partial charge >= 0.3 is 5.97 Å². The summed E-state index contributed by atoms with van der Waals surface area (Å²) in [4.78, 5) is 10.6. The third kappa shape index (κ3) is 3.89. The van der Waals surface area contributed by atoms with Crippen LogP contribution in [0, 0.1) is 11.3 Å². The molecule has 1 heterocycles. The van der Waals surface area contributed by atoms with Gasteiger partial charge in [0.15, 0.2) is 0 Å². The normalized spacial score (nSPS) is 12.1. The summed E-state index contributed by atoms with van der Waals surface area (Å²) in [5.74, 6) is 0.201. The molecule has 4 nitrogen and oxygen atoms in total. The van der Waals surface area contributed by atoms with Gasteiger partial charge in [-0.25, -0.2) is 4.79 Å². The van der Waals surface area contributed by atoms with Crippen molar-refractivity contribution in [1.82, 2.24) is 5.32 Å². The van der Waals surface area contributed by atoms with Crippen molar-refractivity contribution in [2.24, 2.45) is 11.3 Å². The van der Waals surface area contributed by atoms with Gasteiger partial charge < -0.3 is 14.8 Å². The molecule has 0 unspecified atom stereocenters. The third-order valence-electron chi connectivity index (χ3n) is 3.32. The minimum Gasteiger partial charge on any atom is -0.475 e. The predicted octanol–water partition coefficient (Wildman–Crippen LogP) is 2.75. The van der Waals surface area contributed by atoms with Crippen LogP contribution in [0.2, 0.25) is 0 Å². The molecule has 0 spiro atoms. The van der Waals surface area contributed by atoms with Gasteiger partial charge in [0.1, 0.15) is 5.76 Å². The number of nitrogens with one attached hydrogen (secondary N) is 1. The molecular formula is C13H21NO3. The van der Waals surface area contributed by atoms with Gasteiger partial charge in [0.25, 0.3) is 0 Å². The zero-order valence-electron chi connectivity index (χ0n) is 10.9. The van der Waals surface area contributed by atoms with Crippen molar-refractivity contribution < 1.29 is 14.3 Å². The van der Waals surface area contributed by atoms with Crippen molar-refractivity contribution in [1.29, 1.82) is 0 Å². The average molecular weight is 239 g/mol. The summed E-state index contributed by atoms with van der Waals surface area (Å²) in [5.41, 5.74) is 0.211. The number of carbonyl (C=O) groups is 1. The first-order valence-electron chi connectivity index (χ1n) is 5.85. The number of carboxylic acid groups (broad SMARTS) is 1. The Bertz CT molecular complexity index is 380. The Kier molecular flexibility index (Phi) is 4.34. The molecule has 0 atom stereocenters. The first-order valence-corrected chi connectivity index (χ1v) is 5.85. The van der Waals surface area contributed by atoms with E-state index < -0.39 is 5.97 Å². The van der Waals surface area contributed by atoms with E-state index in [1.807, 2.05) is 0 Å². The molecule has 0 saturated carbocycles. The number of hydrogen-bond acceptors (Lipinski definition) is 3. The molecule has 0 radical (unpaired) electrons. The summed E-state index contributed by atoms with van der Waals surface area (Å²) >= 11 is 0. The smallest absolute Gasteiger partial charge is 0.371 e. The summed E-state index contributed by atoms with van der Waals surface area (Å²) in [6.45, 7) is 10.2. The Balaban J connectivity index is 2.43. The van der Waals surface area contributed by atoms with E-state index in [4.69, 9.17) is 9.52 Å². The van der Waals surface area contributed by atoms with Crippen molar-refractivity contribution in [3.05, 3.63) is 23.7 Å². The quantitative estimate of drug-likeness (QED) is 0.801.